The third kappa shape index (κ3) is 2.65. The van der Waals surface area contributed by atoms with Crippen molar-refractivity contribution in [2.24, 2.45) is 0 Å². The van der Waals surface area contributed by atoms with E-state index in [1.807, 2.05) is 6.92 Å². The smallest absolute Gasteiger partial charge is 0.0626 e. The van der Waals surface area contributed by atoms with Gasteiger partial charge in [0.1, 0.15) is 0 Å². The molecule has 2 aromatic rings. The van der Waals surface area contributed by atoms with Crippen molar-refractivity contribution in [2.45, 2.75) is 19.9 Å². The minimum atomic E-state index is 0.0331. The molecule has 0 amide bonds. The van der Waals surface area contributed by atoms with Crippen LogP contribution in [0.15, 0.2) is 36.4 Å². The van der Waals surface area contributed by atoms with Crippen LogP contribution in [0.3, 0.4) is 0 Å². The van der Waals surface area contributed by atoms with Crippen LogP contribution in [0.5, 0.6) is 0 Å². The number of fused-ring (bicyclic) bond motifs is 1. The zero-order chi connectivity index (χ0) is 12.3. The Balaban J connectivity index is 2.40. The molecule has 17 heavy (non-hydrogen) atoms. The van der Waals surface area contributed by atoms with E-state index >= 15 is 0 Å². The third-order valence-corrected chi connectivity index (χ3v) is 3.06. The molecule has 2 nitrogen and oxygen atoms in total. The molecule has 90 valence electrons. The van der Waals surface area contributed by atoms with Crippen LogP contribution in [0.25, 0.3) is 10.8 Å². The van der Waals surface area contributed by atoms with E-state index in [1.165, 1.54) is 16.3 Å². The zero-order valence-electron chi connectivity index (χ0n) is 10.4. The van der Waals surface area contributed by atoms with Crippen LogP contribution in [-0.4, -0.2) is 18.3 Å². The fraction of sp³-hybridized carbons (Fsp3) is 0.333. The Labute approximate surface area is 102 Å². The van der Waals surface area contributed by atoms with Gasteiger partial charge < -0.3 is 10.4 Å². The summed E-state index contributed by atoms with van der Waals surface area (Å²) in [4.78, 5) is 0. The summed E-state index contributed by atoms with van der Waals surface area (Å²) in [5, 5.41) is 15.1. The highest BCUT2D eigenvalue weighted by Gasteiger charge is 2.08. The molecule has 2 aromatic carbocycles. The lowest BCUT2D eigenvalue weighted by atomic mass is 10.0. The van der Waals surface area contributed by atoms with Crippen LogP contribution in [0.2, 0.25) is 0 Å². The molecule has 2 heteroatoms. The number of hydrogen-bond donors (Lipinski definition) is 2. The summed E-state index contributed by atoms with van der Waals surface area (Å²) >= 11 is 0. The van der Waals surface area contributed by atoms with Crippen molar-refractivity contribution in [3.63, 3.8) is 0 Å². The minimum absolute atomic E-state index is 0.0331. The molecule has 0 heterocycles. The molecule has 2 N–H and O–H groups in total. The van der Waals surface area contributed by atoms with Crippen molar-refractivity contribution in [3.8, 4) is 0 Å². The van der Waals surface area contributed by atoms with Gasteiger partial charge in [0, 0.05) is 0 Å². The first kappa shape index (κ1) is 12.1. The van der Waals surface area contributed by atoms with Gasteiger partial charge in [0.05, 0.1) is 12.6 Å². The molecule has 1 unspecified atom stereocenters. The highest BCUT2D eigenvalue weighted by Crippen LogP contribution is 2.21. The number of aryl methyl sites for hydroxylation is 1. The molecular formula is C15H19NO. The van der Waals surface area contributed by atoms with E-state index < -0.39 is 0 Å². The molecule has 0 saturated heterocycles. The second-order valence-electron chi connectivity index (χ2n) is 4.40. The topological polar surface area (TPSA) is 32.3 Å². The molecule has 0 fully saturated rings. The van der Waals surface area contributed by atoms with Crippen LogP contribution >= 0.6 is 0 Å². The molecule has 2 rings (SSSR count). The maximum absolute atomic E-state index is 9.36. The van der Waals surface area contributed by atoms with Crippen molar-refractivity contribution >= 4 is 10.8 Å². The summed E-state index contributed by atoms with van der Waals surface area (Å²) in [5.74, 6) is 0. The lowest BCUT2D eigenvalue weighted by molar-refractivity contribution is 0.246. The predicted molar refractivity (Wildman–Crippen MR) is 72.2 cm³/mol. The van der Waals surface area contributed by atoms with Crippen LogP contribution in [0, 0.1) is 6.92 Å². The quantitative estimate of drug-likeness (QED) is 0.845. The van der Waals surface area contributed by atoms with Crippen molar-refractivity contribution in [1.29, 1.82) is 0 Å². The monoisotopic (exact) mass is 229 g/mol. The minimum Gasteiger partial charge on any atom is -0.394 e. The number of hydrogen-bond acceptors (Lipinski definition) is 2. The van der Waals surface area contributed by atoms with E-state index in [-0.39, 0.29) is 12.6 Å². The largest absolute Gasteiger partial charge is 0.394 e. The van der Waals surface area contributed by atoms with Crippen molar-refractivity contribution in [2.75, 3.05) is 13.2 Å². The normalized spacial score (nSPS) is 12.9. The first-order valence-electron chi connectivity index (χ1n) is 6.09. The van der Waals surface area contributed by atoms with Gasteiger partial charge >= 0.3 is 0 Å². The standard InChI is InChI=1S/C15H19NO/c1-3-16-15(10-17)14-7-6-12-8-11(2)4-5-13(12)9-14/h4-9,15-17H,3,10H2,1-2H3. The zero-order valence-corrected chi connectivity index (χ0v) is 10.4. The van der Waals surface area contributed by atoms with Gasteiger partial charge in [0.15, 0.2) is 0 Å². The van der Waals surface area contributed by atoms with Crippen LogP contribution in [-0.2, 0) is 0 Å². The number of aliphatic hydroxyl groups excluding tert-OH is 1. The molecule has 0 saturated carbocycles. The number of likely N-dealkylation sites (N-methyl/N-ethyl adjacent to an activating group) is 1. The van der Waals surface area contributed by atoms with Gasteiger partial charge in [0.2, 0.25) is 0 Å². The molecule has 0 radical (unpaired) electrons. The molecular weight excluding hydrogens is 210 g/mol. The van der Waals surface area contributed by atoms with E-state index in [4.69, 9.17) is 0 Å². The predicted octanol–water partition coefficient (Wildman–Crippen LogP) is 2.79. The second-order valence-corrected chi connectivity index (χ2v) is 4.40. The Bertz CT molecular complexity index is 507. The molecule has 0 bridgehead atoms. The number of nitrogens with one attached hydrogen (secondary N) is 1. The number of rotatable bonds is 4. The van der Waals surface area contributed by atoms with Gasteiger partial charge in [0.25, 0.3) is 0 Å². The molecule has 0 aliphatic carbocycles. The Morgan fingerprint density at radius 2 is 1.82 bits per heavy atom. The van der Waals surface area contributed by atoms with Gasteiger partial charge in [-0.2, -0.15) is 0 Å². The first-order chi connectivity index (χ1) is 8.24. The lowest BCUT2D eigenvalue weighted by Crippen LogP contribution is -2.23. The van der Waals surface area contributed by atoms with E-state index in [0.717, 1.165) is 12.1 Å². The summed E-state index contributed by atoms with van der Waals surface area (Å²) in [6.07, 6.45) is 0. The van der Waals surface area contributed by atoms with Gasteiger partial charge in [-0.25, -0.2) is 0 Å². The second kappa shape index (κ2) is 5.30. The van der Waals surface area contributed by atoms with Crippen molar-refractivity contribution in [1.82, 2.24) is 5.32 Å². The van der Waals surface area contributed by atoms with Crippen molar-refractivity contribution < 1.29 is 5.11 Å². The Kier molecular flexibility index (Phi) is 3.77. The van der Waals surface area contributed by atoms with Crippen LogP contribution in [0.4, 0.5) is 0 Å². The van der Waals surface area contributed by atoms with Gasteiger partial charge in [-0.1, -0.05) is 42.8 Å². The Hall–Kier alpha value is -1.38. The lowest BCUT2D eigenvalue weighted by Gasteiger charge is -2.16. The van der Waals surface area contributed by atoms with Gasteiger partial charge in [-0.3, -0.25) is 0 Å². The number of aliphatic hydroxyl groups is 1. The summed E-state index contributed by atoms with van der Waals surface area (Å²) < 4.78 is 0. The van der Waals surface area contributed by atoms with Gasteiger partial charge in [-0.15, -0.1) is 0 Å². The Morgan fingerprint density at radius 1 is 1.12 bits per heavy atom. The van der Waals surface area contributed by atoms with E-state index in [0.29, 0.717) is 0 Å². The number of benzene rings is 2. The fourth-order valence-corrected chi connectivity index (χ4v) is 2.13. The summed E-state index contributed by atoms with van der Waals surface area (Å²) in [6.45, 7) is 5.14. The molecule has 0 aliphatic heterocycles. The summed E-state index contributed by atoms with van der Waals surface area (Å²) in [6, 6.07) is 12.8. The molecule has 0 aliphatic rings. The van der Waals surface area contributed by atoms with E-state index in [1.54, 1.807) is 0 Å². The highest BCUT2D eigenvalue weighted by molar-refractivity contribution is 5.83. The van der Waals surface area contributed by atoms with Crippen LogP contribution < -0.4 is 5.32 Å². The van der Waals surface area contributed by atoms with Crippen molar-refractivity contribution in [3.05, 3.63) is 47.5 Å². The maximum Gasteiger partial charge on any atom is 0.0626 e. The average molecular weight is 229 g/mol. The average Bonchev–Trinajstić information content (AvgIpc) is 2.35. The fourth-order valence-electron chi connectivity index (χ4n) is 2.13. The van der Waals surface area contributed by atoms with Crippen LogP contribution in [0.1, 0.15) is 24.1 Å². The van der Waals surface area contributed by atoms with Gasteiger partial charge in [-0.05, 0) is 35.9 Å². The summed E-state index contributed by atoms with van der Waals surface area (Å²) in [7, 11) is 0. The van der Waals surface area contributed by atoms with E-state index in [9.17, 15) is 5.11 Å². The SMILES string of the molecule is CCNC(CO)c1ccc2cc(C)ccc2c1. The Morgan fingerprint density at radius 3 is 2.53 bits per heavy atom. The summed E-state index contributed by atoms with van der Waals surface area (Å²) in [5.41, 5.74) is 2.42. The maximum atomic E-state index is 9.36. The third-order valence-electron chi connectivity index (χ3n) is 3.06. The highest BCUT2D eigenvalue weighted by atomic mass is 16.3. The first-order valence-corrected chi connectivity index (χ1v) is 6.09. The molecule has 0 aromatic heterocycles. The molecule has 1 atom stereocenters. The van der Waals surface area contributed by atoms with E-state index in [2.05, 4.69) is 48.6 Å². The molecule has 0 spiro atoms.